The molecule has 0 saturated carbocycles. The zero-order chi connectivity index (χ0) is 20.8. The summed E-state index contributed by atoms with van der Waals surface area (Å²) < 4.78 is 6.03. The van der Waals surface area contributed by atoms with Gasteiger partial charge in [-0.1, -0.05) is 29.8 Å². The molecule has 3 heterocycles. The van der Waals surface area contributed by atoms with E-state index < -0.39 is 0 Å². The minimum atomic E-state index is -0.259. The standard InChI is InChI=1S/C22H22ClN5O2/c23-18-5-1-2-6-20(18)30-17-9-12-28(13-10-17)21-8-7-19(26-27-21)22(29)25-15-16-4-3-11-24-14-16/h1-8,11,14,17H,9-10,12-13,15H2,(H,25,29). The van der Waals surface area contributed by atoms with Gasteiger partial charge in [-0.3, -0.25) is 9.78 Å². The van der Waals surface area contributed by atoms with Crippen molar-refractivity contribution >= 4 is 23.3 Å². The van der Waals surface area contributed by atoms with E-state index in [0.717, 1.165) is 43.1 Å². The van der Waals surface area contributed by atoms with Crippen LogP contribution in [0.1, 0.15) is 28.9 Å². The van der Waals surface area contributed by atoms with E-state index in [1.54, 1.807) is 18.5 Å². The number of nitrogens with zero attached hydrogens (tertiary/aromatic N) is 4. The van der Waals surface area contributed by atoms with Gasteiger partial charge in [0.25, 0.3) is 5.91 Å². The second-order valence-electron chi connectivity index (χ2n) is 7.06. The van der Waals surface area contributed by atoms with Crippen LogP contribution >= 0.6 is 11.6 Å². The molecule has 1 amide bonds. The summed E-state index contributed by atoms with van der Waals surface area (Å²) in [6, 6.07) is 14.8. The van der Waals surface area contributed by atoms with Crippen LogP contribution in [0.4, 0.5) is 5.82 Å². The number of amides is 1. The van der Waals surface area contributed by atoms with Crippen molar-refractivity contribution in [3.05, 3.63) is 77.2 Å². The van der Waals surface area contributed by atoms with E-state index in [1.807, 2.05) is 42.5 Å². The zero-order valence-corrected chi connectivity index (χ0v) is 17.1. The Morgan fingerprint density at radius 3 is 2.63 bits per heavy atom. The van der Waals surface area contributed by atoms with E-state index in [-0.39, 0.29) is 12.0 Å². The third-order valence-corrected chi connectivity index (χ3v) is 5.27. The fourth-order valence-electron chi connectivity index (χ4n) is 3.31. The molecule has 4 rings (SSSR count). The number of halogens is 1. The number of carbonyl (C=O) groups excluding carboxylic acids is 1. The first-order valence-electron chi connectivity index (χ1n) is 9.86. The summed E-state index contributed by atoms with van der Waals surface area (Å²) in [6.07, 6.45) is 5.25. The monoisotopic (exact) mass is 423 g/mol. The van der Waals surface area contributed by atoms with Crippen molar-refractivity contribution in [3.8, 4) is 5.75 Å². The van der Waals surface area contributed by atoms with Gasteiger partial charge in [0.05, 0.1) is 5.02 Å². The number of piperidine rings is 1. The maximum Gasteiger partial charge on any atom is 0.272 e. The fraction of sp³-hybridized carbons (Fsp3) is 0.273. The molecular formula is C22H22ClN5O2. The SMILES string of the molecule is O=C(NCc1cccnc1)c1ccc(N2CCC(Oc3ccccc3Cl)CC2)nn1. The lowest BCUT2D eigenvalue weighted by Gasteiger charge is -2.32. The number of carbonyl (C=O) groups is 1. The quantitative estimate of drug-likeness (QED) is 0.653. The van der Waals surface area contributed by atoms with Crippen LogP contribution in [0.15, 0.2) is 60.9 Å². The molecule has 0 unspecified atom stereocenters. The number of benzene rings is 1. The third-order valence-electron chi connectivity index (χ3n) is 4.96. The van der Waals surface area contributed by atoms with E-state index in [2.05, 4.69) is 25.4 Å². The van der Waals surface area contributed by atoms with Gasteiger partial charge in [-0.25, -0.2) is 0 Å². The van der Waals surface area contributed by atoms with Gasteiger partial charge in [0.1, 0.15) is 11.9 Å². The number of para-hydroxylation sites is 1. The first kappa shape index (κ1) is 20.1. The van der Waals surface area contributed by atoms with E-state index in [9.17, 15) is 4.79 Å². The van der Waals surface area contributed by atoms with Crippen molar-refractivity contribution in [2.45, 2.75) is 25.5 Å². The van der Waals surface area contributed by atoms with Gasteiger partial charge in [-0.05, 0) is 35.9 Å². The summed E-state index contributed by atoms with van der Waals surface area (Å²) in [5.74, 6) is 1.22. The normalized spacial score (nSPS) is 14.4. The lowest BCUT2D eigenvalue weighted by molar-refractivity contribution is 0.0945. The highest BCUT2D eigenvalue weighted by Gasteiger charge is 2.22. The van der Waals surface area contributed by atoms with Crippen LogP contribution in [0.3, 0.4) is 0 Å². The topological polar surface area (TPSA) is 80.2 Å². The van der Waals surface area contributed by atoms with Crippen molar-refractivity contribution in [2.24, 2.45) is 0 Å². The van der Waals surface area contributed by atoms with Crippen molar-refractivity contribution < 1.29 is 9.53 Å². The molecule has 0 bridgehead atoms. The molecule has 30 heavy (non-hydrogen) atoms. The Morgan fingerprint density at radius 2 is 1.93 bits per heavy atom. The van der Waals surface area contributed by atoms with Crippen molar-refractivity contribution in [1.29, 1.82) is 0 Å². The highest BCUT2D eigenvalue weighted by Crippen LogP contribution is 2.27. The summed E-state index contributed by atoms with van der Waals surface area (Å²) in [7, 11) is 0. The van der Waals surface area contributed by atoms with Crippen LogP contribution in [0, 0.1) is 0 Å². The average molecular weight is 424 g/mol. The summed E-state index contributed by atoms with van der Waals surface area (Å²) in [6.45, 7) is 2.00. The lowest BCUT2D eigenvalue weighted by Crippen LogP contribution is -2.39. The number of anilines is 1. The number of nitrogens with one attached hydrogen (secondary N) is 1. The lowest BCUT2D eigenvalue weighted by atomic mass is 10.1. The summed E-state index contributed by atoms with van der Waals surface area (Å²) in [4.78, 5) is 18.5. The molecule has 7 nitrogen and oxygen atoms in total. The second kappa shape index (κ2) is 9.54. The number of pyridine rings is 1. The molecule has 154 valence electrons. The first-order valence-corrected chi connectivity index (χ1v) is 10.2. The van der Waals surface area contributed by atoms with Gasteiger partial charge < -0.3 is 15.0 Å². The molecule has 0 atom stereocenters. The largest absolute Gasteiger partial charge is 0.489 e. The van der Waals surface area contributed by atoms with E-state index >= 15 is 0 Å². The molecule has 1 aromatic carbocycles. The predicted octanol–water partition coefficient (Wildman–Crippen LogP) is 3.50. The Labute approximate surface area is 180 Å². The van der Waals surface area contributed by atoms with E-state index in [1.165, 1.54) is 0 Å². The smallest absolute Gasteiger partial charge is 0.272 e. The average Bonchev–Trinajstić information content (AvgIpc) is 2.80. The molecule has 1 N–H and O–H groups in total. The number of hydrogen-bond acceptors (Lipinski definition) is 6. The molecule has 1 fully saturated rings. The van der Waals surface area contributed by atoms with E-state index in [4.69, 9.17) is 16.3 Å². The molecule has 2 aromatic heterocycles. The highest BCUT2D eigenvalue weighted by atomic mass is 35.5. The van der Waals surface area contributed by atoms with Gasteiger partial charge in [-0.15, -0.1) is 10.2 Å². The third kappa shape index (κ3) is 5.04. The number of hydrogen-bond donors (Lipinski definition) is 1. The number of rotatable bonds is 6. The Balaban J connectivity index is 1.28. The summed E-state index contributed by atoms with van der Waals surface area (Å²) in [5.41, 5.74) is 1.22. The molecule has 0 aliphatic carbocycles. The van der Waals surface area contributed by atoms with Crippen LogP contribution in [-0.4, -0.2) is 40.3 Å². The molecule has 3 aromatic rings. The highest BCUT2D eigenvalue weighted by molar-refractivity contribution is 6.32. The molecule has 8 heteroatoms. The minimum absolute atomic E-state index is 0.117. The predicted molar refractivity (Wildman–Crippen MR) is 115 cm³/mol. The Morgan fingerprint density at radius 1 is 1.10 bits per heavy atom. The number of ether oxygens (including phenoxy) is 1. The van der Waals surface area contributed by atoms with Gasteiger partial charge in [0.15, 0.2) is 11.5 Å². The zero-order valence-electron chi connectivity index (χ0n) is 16.4. The molecule has 0 radical (unpaired) electrons. The molecule has 0 spiro atoms. The maximum absolute atomic E-state index is 12.3. The van der Waals surface area contributed by atoms with Gasteiger partial charge in [0, 0.05) is 44.9 Å². The van der Waals surface area contributed by atoms with E-state index in [0.29, 0.717) is 17.3 Å². The molecule has 1 aliphatic heterocycles. The Hall–Kier alpha value is -3.19. The van der Waals surface area contributed by atoms with Gasteiger partial charge >= 0.3 is 0 Å². The second-order valence-corrected chi connectivity index (χ2v) is 7.46. The van der Waals surface area contributed by atoms with Gasteiger partial charge in [0.2, 0.25) is 0 Å². The van der Waals surface area contributed by atoms with Crippen LogP contribution in [-0.2, 0) is 6.54 Å². The Bertz CT molecular complexity index is 976. The first-order chi connectivity index (χ1) is 14.7. The number of aromatic nitrogens is 3. The fourth-order valence-corrected chi connectivity index (χ4v) is 3.49. The van der Waals surface area contributed by atoms with Crippen LogP contribution in [0.2, 0.25) is 5.02 Å². The van der Waals surface area contributed by atoms with Crippen molar-refractivity contribution in [3.63, 3.8) is 0 Å². The summed E-state index contributed by atoms with van der Waals surface area (Å²) >= 11 is 6.18. The van der Waals surface area contributed by atoms with Crippen LogP contribution < -0.4 is 15.0 Å². The maximum atomic E-state index is 12.3. The van der Waals surface area contributed by atoms with Crippen LogP contribution in [0.5, 0.6) is 5.75 Å². The summed E-state index contributed by atoms with van der Waals surface area (Å²) in [5, 5.41) is 11.8. The molecular weight excluding hydrogens is 402 g/mol. The minimum Gasteiger partial charge on any atom is -0.489 e. The Kier molecular flexibility index (Phi) is 6.39. The van der Waals surface area contributed by atoms with Crippen LogP contribution in [0.25, 0.3) is 0 Å². The molecule has 1 aliphatic rings. The van der Waals surface area contributed by atoms with Crippen molar-refractivity contribution in [2.75, 3.05) is 18.0 Å². The molecule has 1 saturated heterocycles. The van der Waals surface area contributed by atoms with Crippen molar-refractivity contribution in [1.82, 2.24) is 20.5 Å². The van der Waals surface area contributed by atoms with Gasteiger partial charge in [-0.2, -0.15) is 0 Å².